The molecular formula is C18H21N3O3. The van der Waals surface area contributed by atoms with Gasteiger partial charge in [0.15, 0.2) is 0 Å². The zero-order chi connectivity index (χ0) is 16.9. The lowest BCUT2D eigenvalue weighted by Gasteiger charge is -2.17. The maximum absolute atomic E-state index is 12.6. The molecular weight excluding hydrogens is 306 g/mol. The van der Waals surface area contributed by atoms with Crippen LogP contribution in [0.2, 0.25) is 0 Å². The number of rotatable bonds is 5. The van der Waals surface area contributed by atoms with Gasteiger partial charge in [0, 0.05) is 13.1 Å². The monoisotopic (exact) mass is 327 g/mol. The summed E-state index contributed by atoms with van der Waals surface area (Å²) in [6.45, 7) is 2.08. The number of aromatic nitrogens is 1. The molecule has 0 bridgehead atoms. The van der Waals surface area contributed by atoms with Crippen molar-refractivity contribution in [2.75, 3.05) is 37.5 Å². The molecule has 0 aliphatic carbocycles. The summed E-state index contributed by atoms with van der Waals surface area (Å²) < 4.78 is 10.5. The van der Waals surface area contributed by atoms with Gasteiger partial charge in [-0.3, -0.25) is 4.79 Å². The Bertz CT molecular complexity index is 688. The molecule has 2 aromatic rings. The Kier molecular flexibility index (Phi) is 4.84. The summed E-state index contributed by atoms with van der Waals surface area (Å²) >= 11 is 0. The van der Waals surface area contributed by atoms with Gasteiger partial charge in [0.2, 0.25) is 0 Å². The largest absolute Gasteiger partial charge is 0.496 e. The van der Waals surface area contributed by atoms with E-state index in [1.807, 2.05) is 12.1 Å². The number of amides is 1. The van der Waals surface area contributed by atoms with Crippen LogP contribution in [-0.4, -0.2) is 38.2 Å². The second kappa shape index (κ2) is 7.21. The molecule has 2 heterocycles. The van der Waals surface area contributed by atoms with Crippen LogP contribution in [0.25, 0.3) is 0 Å². The lowest BCUT2D eigenvalue weighted by atomic mass is 10.1. The summed E-state index contributed by atoms with van der Waals surface area (Å²) in [6.07, 6.45) is 4.08. The highest BCUT2D eigenvalue weighted by molar-refractivity contribution is 6.08. The van der Waals surface area contributed by atoms with Crippen LogP contribution >= 0.6 is 0 Å². The molecule has 126 valence electrons. The third-order valence-electron chi connectivity index (χ3n) is 4.09. The highest BCUT2D eigenvalue weighted by atomic mass is 16.5. The van der Waals surface area contributed by atoms with Crippen LogP contribution in [0, 0.1) is 0 Å². The van der Waals surface area contributed by atoms with Crippen molar-refractivity contribution in [1.82, 2.24) is 4.98 Å². The molecule has 1 aliphatic rings. The minimum Gasteiger partial charge on any atom is -0.496 e. The lowest BCUT2D eigenvalue weighted by Crippen LogP contribution is -2.19. The van der Waals surface area contributed by atoms with E-state index in [0.29, 0.717) is 22.7 Å². The molecule has 0 atom stereocenters. The van der Waals surface area contributed by atoms with E-state index in [9.17, 15) is 4.79 Å². The minimum atomic E-state index is -0.292. The second-order valence-electron chi connectivity index (χ2n) is 5.59. The third-order valence-corrected chi connectivity index (χ3v) is 4.09. The van der Waals surface area contributed by atoms with Gasteiger partial charge in [-0.05, 0) is 37.1 Å². The maximum atomic E-state index is 12.6. The first-order chi connectivity index (χ1) is 11.7. The number of ether oxygens (including phenoxy) is 2. The number of nitrogens with zero attached hydrogens (tertiary/aromatic N) is 2. The van der Waals surface area contributed by atoms with E-state index in [4.69, 9.17) is 9.47 Å². The van der Waals surface area contributed by atoms with Crippen LogP contribution in [-0.2, 0) is 0 Å². The van der Waals surface area contributed by atoms with Gasteiger partial charge in [0.25, 0.3) is 5.91 Å². The standard InChI is InChI=1S/C18H21N3O3/c1-23-14-6-5-7-15(24-2)17(14)18(22)20-13-8-9-16(19-12-13)21-10-3-4-11-21/h5-9,12H,3-4,10-11H2,1-2H3,(H,20,22). The third kappa shape index (κ3) is 3.27. The number of nitrogens with one attached hydrogen (secondary N) is 1. The number of benzene rings is 1. The Morgan fingerprint density at radius 2 is 1.75 bits per heavy atom. The number of methoxy groups -OCH3 is 2. The average molecular weight is 327 g/mol. The van der Waals surface area contributed by atoms with Gasteiger partial charge in [-0.1, -0.05) is 6.07 Å². The van der Waals surface area contributed by atoms with Crippen LogP contribution in [0.5, 0.6) is 11.5 Å². The Balaban J connectivity index is 1.77. The Hall–Kier alpha value is -2.76. The topological polar surface area (TPSA) is 63.7 Å². The van der Waals surface area contributed by atoms with E-state index in [2.05, 4.69) is 15.2 Å². The molecule has 1 aliphatic heterocycles. The molecule has 1 amide bonds. The van der Waals surface area contributed by atoms with Crippen molar-refractivity contribution in [3.63, 3.8) is 0 Å². The Morgan fingerprint density at radius 1 is 1.08 bits per heavy atom. The highest BCUT2D eigenvalue weighted by Crippen LogP contribution is 2.29. The predicted molar refractivity (Wildman–Crippen MR) is 93.2 cm³/mol. The van der Waals surface area contributed by atoms with Crippen LogP contribution in [0.3, 0.4) is 0 Å². The lowest BCUT2D eigenvalue weighted by molar-refractivity contribution is 0.102. The second-order valence-corrected chi connectivity index (χ2v) is 5.59. The van der Waals surface area contributed by atoms with E-state index >= 15 is 0 Å². The van der Waals surface area contributed by atoms with Crippen molar-refractivity contribution in [2.45, 2.75) is 12.8 Å². The van der Waals surface area contributed by atoms with Crippen molar-refractivity contribution in [2.24, 2.45) is 0 Å². The van der Waals surface area contributed by atoms with E-state index in [-0.39, 0.29) is 5.91 Å². The SMILES string of the molecule is COc1cccc(OC)c1C(=O)Nc1ccc(N2CCCC2)nc1. The van der Waals surface area contributed by atoms with E-state index < -0.39 is 0 Å². The quantitative estimate of drug-likeness (QED) is 0.915. The number of pyridine rings is 1. The van der Waals surface area contributed by atoms with Crippen molar-refractivity contribution < 1.29 is 14.3 Å². The molecule has 0 radical (unpaired) electrons. The van der Waals surface area contributed by atoms with Crippen LogP contribution in [0.1, 0.15) is 23.2 Å². The molecule has 6 nitrogen and oxygen atoms in total. The Morgan fingerprint density at radius 3 is 2.29 bits per heavy atom. The number of hydrogen-bond acceptors (Lipinski definition) is 5. The molecule has 0 unspecified atom stereocenters. The molecule has 0 saturated carbocycles. The summed E-state index contributed by atoms with van der Waals surface area (Å²) in [4.78, 5) is 19.3. The van der Waals surface area contributed by atoms with E-state index in [1.165, 1.54) is 27.1 Å². The van der Waals surface area contributed by atoms with Crippen molar-refractivity contribution in [3.8, 4) is 11.5 Å². The van der Waals surface area contributed by atoms with Gasteiger partial charge >= 0.3 is 0 Å². The van der Waals surface area contributed by atoms with Crippen LogP contribution in [0.4, 0.5) is 11.5 Å². The van der Waals surface area contributed by atoms with E-state index in [1.54, 1.807) is 24.4 Å². The first kappa shape index (κ1) is 16.1. The van der Waals surface area contributed by atoms with Gasteiger partial charge in [0.1, 0.15) is 22.9 Å². The fourth-order valence-electron chi connectivity index (χ4n) is 2.86. The number of carbonyl (C=O) groups excluding carboxylic acids is 1. The molecule has 1 N–H and O–H groups in total. The summed E-state index contributed by atoms with van der Waals surface area (Å²) in [7, 11) is 3.05. The molecule has 1 saturated heterocycles. The first-order valence-corrected chi connectivity index (χ1v) is 7.96. The fourth-order valence-corrected chi connectivity index (χ4v) is 2.86. The van der Waals surface area contributed by atoms with Crippen molar-refractivity contribution in [1.29, 1.82) is 0 Å². The average Bonchev–Trinajstić information content (AvgIpc) is 3.16. The van der Waals surface area contributed by atoms with Gasteiger partial charge < -0.3 is 19.7 Å². The number of anilines is 2. The van der Waals surface area contributed by atoms with Crippen molar-refractivity contribution >= 4 is 17.4 Å². The van der Waals surface area contributed by atoms with Crippen molar-refractivity contribution in [3.05, 3.63) is 42.1 Å². The summed E-state index contributed by atoms with van der Waals surface area (Å²) in [5, 5.41) is 2.85. The summed E-state index contributed by atoms with van der Waals surface area (Å²) in [6, 6.07) is 9.03. The number of hydrogen-bond donors (Lipinski definition) is 1. The molecule has 0 spiro atoms. The smallest absolute Gasteiger partial charge is 0.263 e. The highest BCUT2D eigenvalue weighted by Gasteiger charge is 2.19. The minimum absolute atomic E-state index is 0.292. The summed E-state index contributed by atoms with van der Waals surface area (Å²) in [5.41, 5.74) is 1.00. The predicted octanol–water partition coefficient (Wildman–Crippen LogP) is 2.95. The van der Waals surface area contributed by atoms with Gasteiger partial charge in [-0.2, -0.15) is 0 Å². The zero-order valence-electron chi connectivity index (χ0n) is 13.9. The van der Waals surface area contributed by atoms with Gasteiger partial charge in [-0.15, -0.1) is 0 Å². The molecule has 6 heteroatoms. The molecule has 1 aromatic heterocycles. The van der Waals surface area contributed by atoms with Crippen LogP contribution in [0.15, 0.2) is 36.5 Å². The van der Waals surface area contributed by atoms with Gasteiger partial charge in [0.05, 0.1) is 26.1 Å². The van der Waals surface area contributed by atoms with Gasteiger partial charge in [-0.25, -0.2) is 4.98 Å². The van der Waals surface area contributed by atoms with Crippen LogP contribution < -0.4 is 19.7 Å². The maximum Gasteiger partial charge on any atom is 0.263 e. The summed E-state index contributed by atoms with van der Waals surface area (Å²) in [5.74, 6) is 1.59. The normalized spacial score (nSPS) is 13.7. The molecule has 1 aromatic carbocycles. The van der Waals surface area contributed by atoms with E-state index in [0.717, 1.165) is 18.9 Å². The molecule has 3 rings (SSSR count). The fraction of sp³-hybridized carbons (Fsp3) is 0.333. The zero-order valence-corrected chi connectivity index (χ0v) is 13.9. The Labute approximate surface area is 141 Å². The molecule has 1 fully saturated rings. The first-order valence-electron chi connectivity index (χ1n) is 7.96. The number of carbonyl (C=O) groups is 1. The molecule has 24 heavy (non-hydrogen) atoms.